The van der Waals surface area contributed by atoms with Gasteiger partial charge in [0.15, 0.2) is 0 Å². The largest absolute Gasteiger partial charge is 0.478 e. The van der Waals surface area contributed by atoms with Gasteiger partial charge in [0.25, 0.3) is 0 Å². The molecule has 3 heteroatoms. The minimum absolute atomic E-state index is 0.339. The number of hydrogen-bond donors (Lipinski definition) is 1. The first-order valence-corrected chi connectivity index (χ1v) is 4.54. The second kappa shape index (κ2) is 3.18. The van der Waals surface area contributed by atoms with Crippen LogP contribution in [0.15, 0.2) is 30.5 Å². The molecule has 0 aliphatic heterocycles. The molecule has 14 heavy (non-hydrogen) atoms. The van der Waals surface area contributed by atoms with E-state index in [1.165, 1.54) is 0 Å². The lowest BCUT2D eigenvalue weighted by atomic mass is 10.2. The number of hydrogen-bond acceptors (Lipinski definition) is 1. The normalized spacial score (nSPS) is 10.6. The maximum absolute atomic E-state index is 10.8. The highest BCUT2D eigenvalue weighted by Crippen LogP contribution is 2.17. The van der Waals surface area contributed by atoms with E-state index in [4.69, 9.17) is 5.11 Å². The molecular formula is C11H11NO2. The molecule has 72 valence electrons. The first kappa shape index (κ1) is 8.81. The Morgan fingerprint density at radius 2 is 2.21 bits per heavy atom. The molecule has 1 aromatic carbocycles. The van der Waals surface area contributed by atoms with E-state index in [2.05, 4.69) is 0 Å². The van der Waals surface area contributed by atoms with Crippen molar-refractivity contribution in [2.75, 3.05) is 0 Å². The van der Waals surface area contributed by atoms with Gasteiger partial charge in [0.05, 0.1) is 5.56 Å². The number of carboxylic acid groups (broad SMARTS) is 1. The zero-order valence-electron chi connectivity index (χ0n) is 7.90. The highest BCUT2D eigenvalue weighted by molar-refractivity contribution is 5.93. The summed E-state index contributed by atoms with van der Waals surface area (Å²) in [4.78, 5) is 10.8. The summed E-state index contributed by atoms with van der Waals surface area (Å²) in [6.45, 7) is 2.89. The van der Waals surface area contributed by atoms with Crippen LogP contribution < -0.4 is 0 Å². The lowest BCUT2D eigenvalue weighted by Crippen LogP contribution is -1.97. The number of nitrogens with zero attached hydrogens (tertiary/aromatic N) is 1. The molecular weight excluding hydrogens is 178 g/mol. The van der Waals surface area contributed by atoms with Gasteiger partial charge in [-0.05, 0) is 30.5 Å². The van der Waals surface area contributed by atoms with E-state index in [9.17, 15) is 4.79 Å². The van der Waals surface area contributed by atoms with Crippen LogP contribution >= 0.6 is 0 Å². The van der Waals surface area contributed by atoms with E-state index in [1.54, 1.807) is 12.1 Å². The molecule has 2 rings (SSSR count). The molecule has 1 heterocycles. The molecule has 0 aliphatic rings. The van der Waals surface area contributed by atoms with Crippen LogP contribution in [0, 0.1) is 0 Å². The van der Waals surface area contributed by atoms with Crippen molar-refractivity contribution in [3.8, 4) is 0 Å². The van der Waals surface area contributed by atoms with Crippen molar-refractivity contribution in [3.05, 3.63) is 36.0 Å². The summed E-state index contributed by atoms with van der Waals surface area (Å²) in [6, 6.07) is 7.17. The minimum atomic E-state index is -0.879. The van der Waals surface area contributed by atoms with Gasteiger partial charge in [-0.3, -0.25) is 0 Å². The van der Waals surface area contributed by atoms with E-state index in [0.717, 1.165) is 17.4 Å². The van der Waals surface area contributed by atoms with Gasteiger partial charge in [-0.2, -0.15) is 0 Å². The van der Waals surface area contributed by atoms with Gasteiger partial charge in [0.1, 0.15) is 0 Å². The van der Waals surface area contributed by atoms with Crippen molar-refractivity contribution >= 4 is 16.9 Å². The monoisotopic (exact) mass is 189 g/mol. The fraction of sp³-hybridized carbons (Fsp3) is 0.182. The quantitative estimate of drug-likeness (QED) is 0.787. The smallest absolute Gasteiger partial charge is 0.335 e. The van der Waals surface area contributed by atoms with E-state index in [-0.39, 0.29) is 0 Å². The molecule has 2 aromatic rings. The molecule has 0 unspecified atom stereocenters. The number of fused-ring (bicyclic) bond motifs is 1. The first-order valence-electron chi connectivity index (χ1n) is 4.54. The third-order valence-corrected chi connectivity index (χ3v) is 2.36. The number of carboxylic acids is 1. The molecule has 0 atom stereocenters. The van der Waals surface area contributed by atoms with Crippen LogP contribution in [0.3, 0.4) is 0 Å². The van der Waals surface area contributed by atoms with Crippen LogP contribution in [0.1, 0.15) is 17.3 Å². The Kier molecular flexibility index (Phi) is 2.00. The highest BCUT2D eigenvalue weighted by Gasteiger charge is 2.05. The van der Waals surface area contributed by atoms with Gasteiger partial charge >= 0.3 is 5.97 Å². The predicted octanol–water partition coefficient (Wildman–Crippen LogP) is 2.36. The van der Waals surface area contributed by atoms with Crippen molar-refractivity contribution in [3.63, 3.8) is 0 Å². The Labute approximate surface area is 81.6 Å². The molecule has 0 saturated heterocycles. The maximum Gasteiger partial charge on any atom is 0.335 e. The Bertz CT molecular complexity index is 485. The summed E-state index contributed by atoms with van der Waals surface area (Å²) >= 11 is 0. The maximum atomic E-state index is 10.8. The standard InChI is InChI=1S/C11H11NO2/c1-2-12-6-5-8-3-4-9(11(13)14)7-10(8)12/h3-7H,2H2,1H3,(H,13,14). The minimum Gasteiger partial charge on any atom is -0.478 e. The molecule has 3 nitrogen and oxygen atoms in total. The van der Waals surface area contributed by atoms with Crippen LogP contribution in [0.25, 0.3) is 10.9 Å². The number of rotatable bonds is 2. The average molecular weight is 189 g/mol. The molecule has 0 amide bonds. The molecule has 0 saturated carbocycles. The van der Waals surface area contributed by atoms with Crippen molar-refractivity contribution in [2.45, 2.75) is 13.5 Å². The Balaban J connectivity index is 2.67. The highest BCUT2D eigenvalue weighted by atomic mass is 16.4. The predicted molar refractivity (Wildman–Crippen MR) is 54.6 cm³/mol. The Hall–Kier alpha value is -1.77. The number of benzene rings is 1. The van der Waals surface area contributed by atoms with E-state index < -0.39 is 5.97 Å². The van der Waals surface area contributed by atoms with Gasteiger partial charge in [0.2, 0.25) is 0 Å². The SMILES string of the molecule is CCn1ccc2ccc(C(=O)O)cc21. The van der Waals surface area contributed by atoms with Crippen molar-refractivity contribution in [1.82, 2.24) is 4.57 Å². The second-order valence-electron chi connectivity index (χ2n) is 3.18. The van der Waals surface area contributed by atoms with E-state index in [1.807, 2.05) is 29.8 Å². The fourth-order valence-electron chi connectivity index (χ4n) is 1.59. The van der Waals surface area contributed by atoms with Crippen LogP contribution in [-0.4, -0.2) is 15.6 Å². The lowest BCUT2D eigenvalue weighted by molar-refractivity contribution is 0.0697. The fourth-order valence-corrected chi connectivity index (χ4v) is 1.59. The summed E-state index contributed by atoms with van der Waals surface area (Å²) in [6.07, 6.45) is 1.97. The topological polar surface area (TPSA) is 42.2 Å². The summed E-state index contributed by atoms with van der Waals surface area (Å²) in [5, 5.41) is 9.92. The molecule has 0 aliphatic carbocycles. The zero-order valence-corrected chi connectivity index (χ0v) is 7.90. The number of aryl methyl sites for hydroxylation is 1. The zero-order chi connectivity index (χ0) is 10.1. The average Bonchev–Trinajstić information content (AvgIpc) is 2.59. The molecule has 0 spiro atoms. The van der Waals surface area contributed by atoms with Crippen LogP contribution in [0.4, 0.5) is 0 Å². The summed E-state index contributed by atoms with van der Waals surface area (Å²) in [7, 11) is 0. The number of aromatic carboxylic acids is 1. The summed E-state index contributed by atoms with van der Waals surface area (Å²) in [5.41, 5.74) is 1.32. The first-order chi connectivity index (χ1) is 6.72. The summed E-state index contributed by atoms with van der Waals surface area (Å²) in [5.74, 6) is -0.879. The van der Waals surface area contributed by atoms with Gasteiger partial charge in [-0.25, -0.2) is 4.79 Å². The second-order valence-corrected chi connectivity index (χ2v) is 3.18. The Morgan fingerprint density at radius 1 is 1.43 bits per heavy atom. The van der Waals surface area contributed by atoms with Crippen molar-refractivity contribution in [1.29, 1.82) is 0 Å². The molecule has 1 N–H and O–H groups in total. The number of aromatic nitrogens is 1. The van der Waals surface area contributed by atoms with Crippen LogP contribution in [0.5, 0.6) is 0 Å². The van der Waals surface area contributed by atoms with Crippen LogP contribution in [0.2, 0.25) is 0 Å². The summed E-state index contributed by atoms with van der Waals surface area (Å²) < 4.78 is 2.03. The molecule has 0 fully saturated rings. The van der Waals surface area contributed by atoms with E-state index in [0.29, 0.717) is 5.56 Å². The Morgan fingerprint density at radius 3 is 2.86 bits per heavy atom. The molecule has 1 aromatic heterocycles. The van der Waals surface area contributed by atoms with Gasteiger partial charge in [-0.15, -0.1) is 0 Å². The third-order valence-electron chi connectivity index (χ3n) is 2.36. The molecule has 0 bridgehead atoms. The number of carbonyl (C=O) groups is 1. The van der Waals surface area contributed by atoms with Crippen molar-refractivity contribution in [2.24, 2.45) is 0 Å². The van der Waals surface area contributed by atoms with Gasteiger partial charge in [-0.1, -0.05) is 6.07 Å². The van der Waals surface area contributed by atoms with Gasteiger partial charge < -0.3 is 9.67 Å². The lowest BCUT2D eigenvalue weighted by Gasteiger charge is -2.01. The third kappa shape index (κ3) is 1.27. The van der Waals surface area contributed by atoms with Crippen LogP contribution in [-0.2, 0) is 6.54 Å². The van der Waals surface area contributed by atoms with Crippen molar-refractivity contribution < 1.29 is 9.90 Å². The van der Waals surface area contributed by atoms with E-state index >= 15 is 0 Å². The molecule has 0 radical (unpaired) electrons. The van der Waals surface area contributed by atoms with Gasteiger partial charge in [0, 0.05) is 18.3 Å².